The first-order valence-corrected chi connectivity index (χ1v) is 7.23. The number of aromatic nitrogens is 2. The van der Waals surface area contributed by atoms with Gasteiger partial charge >= 0.3 is 0 Å². The van der Waals surface area contributed by atoms with Crippen LogP contribution in [0.2, 0.25) is 0 Å². The van der Waals surface area contributed by atoms with Crippen molar-refractivity contribution in [1.29, 1.82) is 0 Å². The van der Waals surface area contributed by atoms with Crippen molar-refractivity contribution in [2.75, 3.05) is 0 Å². The number of hydrogen-bond donors (Lipinski definition) is 0. The molecule has 0 spiro atoms. The Labute approximate surface area is 123 Å². The van der Waals surface area contributed by atoms with Crippen LogP contribution in [0.3, 0.4) is 0 Å². The molecule has 0 radical (unpaired) electrons. The fourth-order valence-electron chi connectivity index (χ4n) is 2.37. The number of nitrogens with zero attached hydrogens (tertiary/aromatic N) is 2. The van der Waals surface area contributed by atoms with Crippen molar-refractivity contribution in [3.63, 3.8) is 0 Å². The molecule has 0 N–H and O–H groups in total. The van der Waals surface area contributed by atoms with Gasteiger partial charge in [0, 0.05) is 28.8 Å². The summed E-state index contributed by atoms with van der Waals surface area (Å²) in [6.45, 7) is 0. The van der Waals surface area contributed by atoms with Crippen LogP contribution in [-0.2, 0) is 4.79 Å². The molecule has 4 nitrogen and oxygen atoms in total. The first kappa shape index (κ1) is 13.4. The summed E-state index contributed by atoms with van der Waals surface area (Å²) in [5.41, 5.74) is 0.688. The Kier molecular flexibility index (Phi) is 3.65. The molecule has 1 aromatic heterocycles. The zero-order valence-electron chi connectivity index (χ0n) is 10.6. The minimum atomic E-state index is -0.324. The monoisotopic (exact) mass is 338 g/mol. The maximum absolute atomic E-state index is 13.1. The van der Waals surface area contributed by atoms with Gasteiger partial charge in [0.05, 0.1) is 0 Å². The topological polar surface area (TPSA) is 56.0 Å². The second kappa shape index (κ2) is 5.44. The van der Waals surface area contributed by atoms with Gasteiger partial charge in [-0.3, -0.25) is 4.79 Å². The highest BCUT2D eigenvalue weighted by Gasteiger charge is 2.25. The SMILES string of the molecule is O=C1CCC(c2nc(-c3ccc(F)cc3Br)no2)CC1. The third-order valence-electron chi connectivity index (χ3n) is 3.51. The summed E-state index contributed by atoms with van der Waals surface area (Å²) in [4.78, 5) is 15.6. The first-order valence-electron chi connectivity index (χ1n) is 6.44. The minimum Gasteiger partial charge on any atom is -0.339 e. The molecule has 2 aromatic rings. The molecule has 0 amide bonds. The molecule has 104 valence electrons. The lowest BCUT2D eigenvalue weighted by atomic mass is 9.88. The van der Waals surface area contributed by atoms with Crippen LogP contribution in [0.1, 0.15) is 37.5 Å². The van der Waals surface area contributed by atoms with E-state index in [9.17, 15) is 9.18 Å². The van der Waals surface area contributed by atoms with Crippen LogP contribution >= 0.6 is 15.9 Å². The second-order valence-electron chi connectivity index (χ2n) is 4.89. The van der Waals surface area contributed by atoms with Crippen LogP contribution in [0.4, 0.5) is 4.39 Å². The quantitative estimate of drug-likeness (QED) is 0.834. The number of benzene rings is 1. The van der Waals surface area contributed by atoms with Crippen molar-refractivity contribution in [1.82, 2.24) is 10.1 Å². The fraction of sp³-hybridized carbons (Fsp3) is 0.357. The molecule has 0 unspecified atom stereocenters. The summed E-state index contributed by atoms with van der Waals surface area (Å²) in [5, 5.41) is 3.95. The van der Waals surface area contributed by atoms with Gasteiger partial charge in [-0.25, -0.2) is 4.39 Å². The summed E-state index contributed by atoms with van der Waals surface area (Å²) >= 11 is 3.29. The fourth-order valence-corrected chi connectivity index (χ4v) is 2.90. The molecular weight excluding hydrogens is 327 g/mol. The zero-order chi connectivity index (χ0) is 14.1. The summed E-state index contributed by atoms with van der Waals surface area (Å²) in [6, 6.07) is 4.33. The van der Waals surface area contributed by atoms with Crippen LogP contribution in [-0.4, -0.2) is 15.9 Å². The summed E-state index contributed by atoms with van der Waals surface area (Å²) in [6.07, 6.45) is 2.65. The highest BCUT2D eigenvalue weighted by atomic mass is 79.9. The maximum atomic E-state index is 13.1. The van der Waals surface area contributed by atoms with Gasteiger partial charge in [0.25, 0.3) is 0 Å². The maximum Gasteiger partial charge on any atom is 0.230 e. The molecule has 1 aliphatic rings. The van der Waals surface area contributed by atoms with Crippen LogP contribution in [0.25, 0.3) is 11.4 Å². The predicted molar refractivity (Wildman–Crippen MR) is 73.6 cm³/mol. The van der Waals surface area contributed by atoms with Crippen LogP contribution < -0.4 is 0 Å². The van der Waals surface area contributed by atoms with E-state index in [1.807, 2.05) is 0 Å². The minimum absolute atomic E-state index is 0.146. The third kappa shape index (κ3) is 2.65. The Morgan fingerprint density at radius 2 is 2.05 bits per heavy atom. The Bertz CT molecular complexity index is 646. The Balaban J connectivity index is 1.84. The van der Waals surface area contributed by atoms with Crippen molar-refractivity contribution in [3.8, 4) is 11.4 Å². The van der Waals surface area contributed by atoms with Crippen molar-refractivity contribution in [2.24, 2.45) is 0 Å². The summed E-state index contributed by atoms with van der Waals surface area (Å²) < 4.78 is 18.9. The molecule has 1 saturated carbocycles. The number of rotatable bonds is 2. The lowest BCUT2D eigenvalue weighted by molar-refractivity contribution is -0.120. The molecule has 1 fully saturated rings. The van der Waals surface area contributed by atoms with E-state index in [4.69, 9.17) is 4.52 Å². The Morgan fingerprint density at radius 3 is 2.75 bits per heavy atom. The van der Waals surface area contributed by atoms with Gasteiger partial charge in [-0.2, -0.15) is 4.98 Å². The van der Waals surface area contributed by atoms with E-state index in [-0.39, 0.29) is 11.7 Å². The van der Waals surface area contributed by atoms with Gasteiger partial charge in [0.2, 0.25) is 11.7 Å². The van der Waals surface area contributed by atoms with E-state index in [1.165, 1.54) is 12.1 Å². The number of hydrogen-bond acceptors (Lipinski definition) is 4. The van der Waals surface area contributed by atoms with E-state index in [0.717, 1.165) is 12.8 Å². The molecule has 0 bridgehead atoms. The number of Topliss-reactive ketones (excluding diaryl/α,β-unsaturated/α-hetero) is 1. The number of carbonyl (C=O) groups is 1. The van der Waals surface area contributed by atoms with Crippen LogP contribution in [0.15, 0.2) is 27.2 Å². The summed E-state index contributed by atoms with van der Waals surface area (Å²) in [7, 11) is 0. The highest BCUT2D eigenvalue weighted by molar-refractivity contribution is 9.10. The van der Waals surface area contributed by atoms with Crippen molar-refractivity contribution in [2.45, 2.75) is 31.6 Å². The molecule has 0 aliphatic heterocycles. The highest BCUT2D eigenvalue weighted by Crippen LogP contribution is 2.32. The van der Waals surface area contributed by atoms with E-state index >= 15 is 0 Å². The summed E-state index contributed by atoms with van der Waals surface area (Å²) in [5.74, 6) is 1.11. The van der Waals surface area contributed by atoms with E-state index < -0.39 is 0 Å². The molecule has 20 heavy (non-hydrogen) atoms. The molecule has 3 rings (SSSR count). The zero-order valence-corrected chi connectivity index (χ0v) is 12.2. The van der Waals surface area contributed by atoms with Crippen molar-refractivity contribution >= 4 is 21.7 Å². The van der Waals surface area contributed by atoms with Gasteiger partial charge in [-0.1, -0.05) is 5.16 Å². The second-order valence-corrected chi connectivity index (χ2v) is 5.75. The van der Waals surface area contributed by atoms with E-state index in [1.54, 1.807) is 6.07 Å². The molecule has 0 saturated heterocycles. The van der Waals surface area contributed by atoms with Gasteiger partial charge in [0.1, 0.15) is 11.6 Å². The molecule has 1 aromatic carbocycles. The normalized spacial score (nSPS) is 16.6. The van der Waals surface area contributed by atoms with Crippen LogP contribution in [0, 0.1) is 5.82 Å². The average molecular weight is 339 g/mol. The molecule has 1 heterocycles. The van der Waals surface area contributed by atoms with Crippen molar-refractivity contribution < 1.29 is 13.7 Å². The molecule has 6 heteroatoms. The van der Waals surface area contributed by atoms with E-state index in [2.05, 4.69) is 26.1 Å². The van der Waals surface area contributed by atoms with Gasteiger partial charge < -0.3 is 4.52 Å². The Hall–Kier alpha value is -1.56. The number of halogens is 2. The van der Waals surface area contributed by atoms with Gasteiger partial charge in [0.15, 0.2) is 0 Å². The lowest BCUT2D eigenvalue weighted by Gasteiger charge is -2.16. The molecule has 1 aliphatic carbocycles. The van der Waals surface area contributed by atoms with Crippen LogP contribution in [0.5, 0.6) is 0 Å². The van der Waals surface area contributed by atoms with Crippen molar-refractivity contribution in [3.05, 3.63) is 34.4 Å². The Morgan fingerprint density at radius 1 is 1.30 bits per heavy atom. The van der Waals surface area contributed by atoms with Gasteiger partial charge in [-0.15, -0.1) is 0 Å². The van der Waals surface area contributed by atoms with E-state index in [0.29, 0.717) is 40.4 Å². The van der Waals surface area contributed by atoms with Gasteiger partial charge in [-0.05, 0) is 47.0 Å². The average Bonchev–Trinajstić information content (AvgIpc) is 2.89. The number of carbonyl (C=O) groups excluding carboxylic acids is 1. The number of ketones is 1. The lowest BCUT2D eigenvalue weighted by Crippen LogP contribution is -2.12. The smallest absolute Gasteiger partial charge is 0.230 e. The first-order chi connectivity index (χ1) is 9.63. The standard InChI is InChI=1S/C14H12BrFN2O2/c15-12-7-9(16)3-6-11(12)13-17-14(20-18-13)8-1-4-10(19)5-2-8/h3,6-8H,1-2,4-5H2. The predicted octanol–water partition coefficient (Wildman–Crippen LogP) is 3.86. The largest absolute Gasteiger partial charge is 0.339 e. The molecule has 0 atom stereocenters. The molecular formula is C14H12BrFN2O2. The third-order valence-corrected chi connectivity index (χ3v) is 4.16.